The zero-order chi connectivity index (χ0) is 14.8. The molecular formula is C13H19F3N4. The smallest absolute Gasteiger partial charge is 0.373 e. The van der Waals surface area contributed by atoms with E-state index in [0.29, 0.717) is 5.92 Å². The molecule has 0 amide bonds. The van der Waals surface area contributed by atoms with Gasteiger partial charge in [-0.3, -0.25) is 0 Å². The standard InChI is InChI=1S/C13H19F3N4/c1-8(9-5-3-4-6-9)18-11-7-10(17-2)19-12(20-11)13(14,15)16/h7-9H,3-6H2,1-2H3,(H2,17,18,19,20). The van der Waals surface area contributed by atoms with Crippen molar-refractivity contribution in [3.05, 3.63) is 11.9 Å². The number of alkyl halides is 3. The monoisotopic (exact) mass is 288 g/mol. The molecule has 7 heteroatoms. The highest BCUT2D eigenvalue weighted by atomic mass is 19.4. The van der Waals surface area contributed by atoms with Gasteiger partial charge in [-0.1, -0.05) is 12.8 Å². The lowest BCUT2D eigenvalue weighted by molar-refractivity contribution is -0.144. The molecule has 1 atom stereocenters. The molecule has 0 aliphatic heterocycles. The van der Waals surface area contributed by atoms with Crippen LogP contribution < -0.4 is 10.6 Å². The molecule has 1 aromatic heterocycles. The Balaban J connectivity index is 2.17. The van der Waals surface area contributed by atoms with Gasteiger partial charge in [0, 0.05) is 19.2 Å². The lowest BCUT2D eigenvalue weighted by atomic mass is 10.00. The zero-order valence-corrected chi connectivity index (χ0v) is 11.6. The topological polar surface area (TPSA) is 49.8 Å². The van der Waals surface area contributed by atoms with E-state index in [-0.39, 0.29) is 17.7 Å². The van der Waals surface area contributed by atoms with Crippen LogP contribution in [0.5, 0.6) is 0 Å². The molecule has 0 spiro atoms. The number of hydrogen-bond acceptors (Lipinski definition) is 4. The van der Waals surface area contributed by atoms with Gasteiger partial charge in [-0.05, 0) is 25.7 Å². The van der Waals surface area contributed by atoms with Crippen molar-refractivity contribution in [1.82, 2.24) is 9.97 Å². The molecule has 0 bridgehead atoms. The van der Waals surface area contributed by atoms with Crippen molar-refractivity contribution >= 4 is 11.6 Å². The van der Waals surface area contributed by atoms with Crippen molar-refractivity contribution in [3.63, 3.8) is 0 Å². The van der Waals surface area contributed by atoms with E-state index in [9.17, 15) is 13.2 Å². The van der Waals surface area contributed by atoms with Crippen LogP contribution >= 0.6 is 0 Å². The molecule has 0 radical (unpaired) electrons. The van der Waals surface area contributed by atoms with E-state index in [2.05, 4.69) is 20.6 Å². The van der Waals surface area contributed by atoms with Gasteiger partial charge in [0.25, 0.3) is 0 Å². The Kier molecular flexibility index (Phi) is 4.35. The minimum absolute atomic E-state index is 0.109. The highest BCUT2D eigenvalue weighted by Gasteiger charge is 2.35. The largest absolute Gasteiger partial charge is 0.451 e. The SMILES string of the molecule is CNc1cc(NC(C)C2CCCC2)nc(C(F)(F)F)n1. The van der Waals surface area contributed by atoms with Gasteiger partial charge in [0.1, 0.15) is 11.6 Å². The maximum absolute atomic E-state index is 12.7. The molecule has 1 aromatic rings. The highest BCUT2D eigenvalue weighted by molar-refractivity contribution is 5.48. The molecule has 4 nitrogen and oxygen atoms in total. The van der Waals surface area contributed by atoms with Crippen LogP contribution in [0.15, 0.2) is 6.07 Å². The molecule has 1 heterocycles. The Hall–Kier alpha value is -1.53. The summed E-state index contributed by atoms with van der Waals surface area (Å²) < 4.78 is 38.2. The molecule has 1 unspecified atom stereocenters. The maximum atomic E-state index is 12.7. The number of aromatic nitrogens is 2. The molecule has 0 aromatic carbocycles. The Morgan fingerprint density at radius 3 is 2.35 bits per heavy atom. The second kappa shape index (κ2) is 5.85. The van der Waals surface area contributed by atoms with Gasteiger partial charge in [-0.2, -0.15) is 13.2 Å². The van der Waals surface area contributed by atoms with Gasteiger partial charge >= 0.3 is 6.18 Å². The van der Waals surface area contributed by atoms with E-state index in [1.54, 1.807) is 0 Å². The zero-order valence-electron chi connectivity index (χ0n) is 11.6. The van der Waals surface area contributed by atoms with Gasteiger partial charge in [-0.15, -0.1) is 0 Å². The van der Waals surface area contributed by atoms with Crippen LogP contribution in [0.25, 0.3) is 0 Å². The Morgan fingerprint density at radius 2 is 1.80 bits per heavy atom. The molecular weight excluding hydrogens is 269 g/mol. The fraction of sp³-hybridized carbons (Fsp3) is 0.692. The second-order valence-corrected chi connectivity index (χ2v) is 5.19. The highest BCUT2D eigenvalue weighted by Crippen LogP contribution is 2.31. The summed E-state index contributed by atoms with van der Waals surface area (Å²) in [5.41, 5.74) is 0. The van der Waals surface area contributed by atoms with Crippen LogP contribution in [0.3, 0.4) is 0 Å². The minimum Gasteiger partial charge on any atom is -0.373 e. The predicted molar refractivity (Wildman–Crippen MR) is 71.6 cm³/mol. The van der Waals surface area contributed by atoms with Crippen LogP contribution in [0, 0.1) is 5.92 Å². The van der Waals surface area contributed by atoms with Crippen molar-refractivity contribution in [2.45, 2.75) is 44.8 Å². The fourth-order valence-electron chi connectivity index (χ4n) is 2.58. The lowest BCUT2D eigenvalue weighted by Gasteiger charge is -2.21. The Labute approximate surface area is 116 Å². The summed E-state index contributed by atoms with van der Waals surface area (Å²) in [5.74, 6) is -0.243. The first kappa shape index (κ1) is 14.9. The Morgan fingerprint density at radius 1 is 1.20 bits per heavy atom. The van der Waals surface area contributed by atoms with Crippen molar-refractivity contribution in [2.24, 2.45) is 5.92 Å². The average molecular weight is 288 g/mol. The number of nitrogens with one attached hydrogen (secondary N) is 2. The molecule has 1 saturated carbocycles. The molecule has 1 fully saturated rings. The average Bonchev–Trinajstić information content (AvgIpc) is 2.91. The van der Waals surface area contributed by atoms with E-state index < -0.39 is 12.0 Å². The third kappa shape index (κ3) is 3.52. The normalized spacial score (nSPS) is 18.1. The molecule has 2 rings (SSSR count). The van der Waals surface area contributed by atoms with E-state index in [1.807, 2.05) is 6.92 Å². The van der Waals surface area contributed by atoms with Gasteiger partial charge in [0.05, 0.1) is 0 Å². The van der Waals surface area contributed by atoms with E-state index in [0.717, 1.165) is 12.8 Å². The molecule has 112 valence electrons. The van der Waals surface area contributed by atoms with Crippen molar-refractivity contribution in [1.29, 1.82) is 0 Å². The molecule has 0 saturated heterocycles. The summed E-state index contributed by atoms with van der Waals surface area (Å²) >= 11 is 0. The summed E-state index contributed by atoms with van der Waals surface area (Å²) in [6.07, 6.45) is 0.0699. The van der Waals surface area contributed by atoms with Crippen LogP contribution in [0.4, 0.5) is 24.8 Å². The maximum Gasteiger partial charge on any atom is 0.451 e. The predicted octanol–water partition coefficient (Wildman–Crippen LogP) is 3.53. The summed E-state index contributed by atoms with van der Waals surface area (Å²) in [5, 5.41) is 5.71. The number of anilines is 2. The van der Waals surface area contributed by atoms with Gasteiger partial charge < -0.3 is 10.6 Å². The number of rotatable bonds is 4. The third-order valence-electron chi connectivity index (χ3n) is 3.72. The van der Waals surface area contributed by atoms with Crippen LogP contribution in [0.1, 0.15) is 38.4 Å². The summed E-state index contributed by atoms with van der Waals surface area (Å²) in [6.45, 7) is 1.99. The first-order valence-electron chi connectivity index (χ1n) is 6.80. The number of halogens is 3. The van der Waals surface area contributed by atoms with Gasteiger partial charge in [-0.25, -0.2) is 9.97 Å². The van der Waals surface area contributed by atoms with Gasteiger partial charge in [0.2, 0.25) is 5.82 Å². The van der Waals surface area contributed by atoms with Crippen molar-refractivity contribution in [2.75, 3.05) is 17.7 Å². The second-order valence-electron chi connectivity index (χ2n) is 5.19. The Bertz CT molecular complexity index is 455. The third-order valence-corrected chi connectivity index (χ3v) is 3.72. The molecule has 1 aliphatic rings. The molecule has 1 aliphatic carbocycles. The summed E-state index contributed by atoms with van der Waals surface area (Å²) in [6, 6.07) is 1.61. The molecule has 20 heavy (non-hydrogen) atoms. The fourth-order valence-corrected chi connectivity index (χ4v) is 2.58. The number of hydrogen-bond donors (Lipinski definition) is 2. The lowest BCUT2D eigenvalue weighted by Crippen LogP contribution is -2.25. The van der Waals surface area contributed by atoms with E-state index in [1.165, 1.54) is 26.0 Å². The van der Waals surface area contributed by atoms with Gasteiger partial charge in [0.15, 0.2) is 0 Å². The van der Waals surface area contributed by atoms with Crippen molar-refractivity contribution < 1.29 is 13.2 Å². The van der Waals surface area contributed by atoms with Crippen LogP contribution in [-0.4, -0.2) is 23.1 Å². The van der Waals surface area contributed by atoms with Crippen LogP contribution in [-0.2, 0) is 6.18 Å². The quantitative estimate of drug-likeness (QED) is 0.890. The summed E-state index contributed by atoms with van der Waals surface area (Å²) in [7, 11) is 1.53. The molecule has 2 N–H and O–H groups in total. The van der Waals surface area contributed by atoms with E-state index in [4.69, 9.17) is 0 Å². The van der Waals surface area contributed by atoms with E-state index >= 15 is 0 Å². The number of nitrogens with zero attached hydrogens (tertiary/aromatic N) is 2. The first-order chi connectivity index (χ1) is 9.40. The van der Waals surface area contributed by atoms with Crippen LogP contribution in [0.2, 0.25) is 0 Å². The van der Waals surface area contributed by atoms with Crippen molar-refractivity contribution in [3.8, 4) is 0 Å². The summed E-state index contributed by atoms with van der Waals surface area (Å²) in [4.78, 5) is 7.02. The first-order valence-corrected chi connectivity index (χ1v) is 6.80. The minimum atomic E-state index is -4.54.